The van der Waals surface area contributed by atoms with E-state index in [1.165, 1.54) is 21.9 Å². The highest BCUT2D eigenvalue weighted by molar-refractivity contribution is 7.24. The molecule has 0 unspecified atom stereocenters. The van der Waals surface area contributed by atoms with E-state index in [1.807, 2.05) is 6.07 Å². The monoisotopic (exact) mass is 304 g/mol. The summed E-state index contributed by atoms with van der Waals surface area (Å²) >= 11 is 1.33. The van der Waals surface area contributed by atoms with E-state index in [1.54, 1.807) is 26.2 Å². The van der Waals surface area contributed by atoms with Gasteiger partial charge in [-0.15, -0.1) is 11.3 Å². The van der Waals surface area contributed by atoms with Crippen LogP contribution in [0.4, 0.5) is 0 Å². The van der Waals surface area contributed by atoms with Crippen molar-refractivity contribution in [2.75, 3.05) is 13.7 Å². The summed E-state index contributed by atoms with van der Waals surface area (Å²) in [4.78, 5) is 28.3. The van der Waals surface area contributed by atoms with Crippen LogP contribution in [-0.4, -0.2) is 29.1 Å². The Morgan fingerprint density at radius 3 is 2.95 bits per heavy atom. The summed E-state index contributed by atoms with van der Waals surface area (Å²) in [5, 5.41) is 0. The molecule has 0 saturated carbocycles. The molecule has 0 fully saturated rings. The molecule has 3 aromatic rings. The highest BCUT2D eigenvalue weighted by Gasteiger charge is 2.17. The number of hydrogen-bond acceptors (Lipinski definition) is 6. The normalized spacial score (nSPS) is 11.0. The molecule has 7 heteroatoms. The Kier molecular flexibility index (Phi) is 3.34. The number of rotatable bonds is 3. The molecule has 0 spiro atoms. The zero-order valence-corrected chi connectivity index (χ0v) is 12.3. The van der Waals surface area contributed by atoms with Crippen LogP contribution in [0.2, 0.25) is 0 Å². The van der Waals surface area contributed by atoms with Crippen molar-refractivity contribution >= 4 is 32.4 Å². The van der Waals surface area contributed by atoms with Crippen LogP contribution in [0.1, 0.15) is 17.3 Å². The number of esters is 1. The predicted molar refractivity (Wildman–Crippen MR) is 79.4 cm³/mol. The summed E-state index contributed by atoms with van der Waals surface area (Å²) in [6.07, 6.45) is 1.27. The van der Waals surface area contributed by atoms with Crippen LogP contribution in [0.15, 0.2) is 29.2 Å². The molecule has 0 aliphatic heterocycles. The van der Waals surface area contributed by atoms with Crippen molar-refractivity contribution in [1.29, 1.82) is 0 Å². The number of thiazole rings is 1. The number of aromatic nitrogens is 2. The van der Waals surface area contributed by atoms with Gasteiger partial charge in [-0.2, -0.15) is 0 Å². The van der Waals surface area contributed by atoms with Crippen molar-refractivity contribution in [1.82, 2.24) is 9.38 Å². The zero-order chi connectivity index (χ0) is 15.0. The van der Waals surface area contributed by atoms with Gasteiger partial charge in [0, 0.05) is 0 Å². The van der Waals surface area contributed by atoms with E-state index in [2.05, 4.69) is 4.98 Å². The van der Waals surface area contributed by atoms with E-state index < -0.39 is 11.7 Å². The molecule has 0 saturated heterocycles. The average molecular weight is 304 g/mol. The van der Waals surface area contributed by atoms with Crippen molar-refractivity contribution in [3.05, 3.63) is 40.4 Å². The Labute approximate surface area is 123 Å². The first-order valence-corrected chi connectivity index (χ1v) is 7.12. The Morgan fingerprint density at radius 1 is 1.43 bits per heavy atom. The van der Waals surface area contributed by atoms with Gasteiger partial charge in [-0.05, 0) is 25.1 Å². The topological polar surface area (TPSA) is 69.9 Å². The summed E-state index contributed by atoms with van der Waals surface area (Å²) in [6, 6.07) is 5.36. The Hall–Kier alpha value is -2.41. The molecule has 0 amide bonds. The van der Waals surface area contributed by atoms with Gasteiger partial charge in [-0.25, -0.2) is 19.0 Å². The van der Waals surface area contributed by atoms with Crippen LogP contribution >= 0.6 is 11.3 Å². The number of carbonyl (C=O) groups excluding carboxylic acids is 1. The second-order valence-electron chi connectivity index (χ2n) is 4.25. The number of fused-ring (bicyclic) bond motifs is 3. The first kappa shape index (κ1) is 13.6. The molecule has 0 N–H and O–H groups in total. The number of benzene rings is 1. The van der Waals surface area contributed by atoms with Crippen LogP contribution in [-0.2, 0) is 4.74 Å². The van der Waals surface area contributed by atoms with Gasteiger partial charge in [0.25, 0.3) is 0 Å². The van der Waals surface area contributed by atoms with E-state index >= 15 is 0 Å². The standard InChI is InChI=1S/C14H12N2O4S/c1-3-20-13(17)9-7-15-14(18)16-10-5-4-8(19-2)6-11(10)21-12(9)16/h4-7H,3H2,1-2H3. The van der Waals surface area contributed by atoms with Gasteiger partial charge in [0.1, 0.15) is 16.1 Å². The highest BCUT2D eigenvalue weighted by Crippen LogP contribution is 2.30. The number of carbonyl (C=O) groups is 1. The van der Waals surface area contributed by atoms with Crippen molar-refractivity contribution < 1.29 is 14.3 Å². The summed E-state index contributed by atoms with van der Waals surface area (Å²) in [6.45, 7) is 2.00. The van der Waals surface area contributed by atoms with Crippen LogP contribution in [0.3, 0.4) is 0 Å². The van der Waals surface area contributed by atoms with E-state index in [9.17, 15) is 9.59 Å². The quantitative estimate of drug-likeness (QED) is 0.693. The molecule has 6 nitrogen and oxygen atoms in total. The van der Waals surface area contributed by atoms with Crippen LogP contribution < -0.4 is 10.4 Å². The minimum absolute atomic E-state index is 0.267. The second kappa shape index (κ2) is 5.17. The lowest BCUT2D eigenvalue weighted by atomic mass is 10.3. The molecule has 0 bridgehead atoms. The lowest BCUT2D eigenvalue weighted by Gasteiger charge is -2.02. The summed E-state index contributed by atoms with van der Waals surface area (Å²) in [5.74, 6) is 0.203. The SMILES string of the molecule is CCOC(=O)c1cnc(=O)n2c1sc1cc(OC)ccc12. The van der Waals surface area contributed by atoms with Crippen molar-refractivity contribution in [2.45, 2.75) is 6.92 Å². The number of nitrogens with zero attached hydrogens (tertiary/aromatic N) is 2. The highest BCUT2D eigenvalue weighted by atomic mass is 32.1. The largest absolute Gasteiger partial charge is 0.497 e. The van der Waals surface area contributed by atoms with Gasteiger partial charge in [0.05, 0.1) is 30.1 Å². The van der Waals surface area contributed by atoms with Crippen LogP contribution in [0.25, 0.3) is 15.0 Å². The maximum absolute atomic E-state index is 12.0. The smallest absolute Gasteiger partial charge is 0.353 e. The van der Waals surface area contributed by atoms with Gasteiger partial charge in [0.15, 0.2) is 0 Å². The first-order chi connectivity index (χ1) is 10.2. The Bertz CT molecular complexity index is 897. The third-order valence-corrected chi connectivity index (χ3v) is 4.18. The number of ether oxygens (including phenoxy) is 2. The summed E-state index contributed by atoms with van der Waals surface area (Å²) < 4.78 is 12.4. The fourth-order valence-corrected chi connectivity index (χ4v) is 3.26. The van der Waals surface area contributed by atoms with Gasteiger partial charge >= 0.3 is 11.7 Å². The molecule has 108 valence electrons. The summed E-state index contributed by atoms with van der Waals surface area (Å²) in [7, 11) is 1.58. The molecule has 3 rings (SSSR count). The molecule has 0 atom stereocenters. The molecule has 21 heavy (non-hydrogen) atoms. The van der Waals surface area contributed by atoms with Gasteiger partial charge in [-0.1, -0.05) is 0 Å². The van der Waals surface area contributed by atoms with Crippen LogP contribution in [0, 0.1) is 0 Å². The molecule has 0 aliphatic carbocycles. The number of methoxy groups -OCH3 is 1. The molecular weight excluding hydrogens is 292 g/mol. The molecule has 0 radical (unpaired) electrons. The summed E-state index contributed by atoms with van der Waals surface area (Å²) in [5.41, 5.74) is 0.561. The zero-order valence-electron chi connectivity index (χ0n) is 11.5. The lowest BCUT2D eigenvalue weighted by molar-refractivity contribution is 0.0528. The predicted octanol–water partition coefficient (Wildman–Crippen LogP) is 2.09. The molecule has 1 aromatic carbocycles. The van der Waals surface area contributed by atoms with Crippen molar-refractivity contribution in [2.24, 2.45) is 0 Å². The third kappa shape index (κ3) is 2.15. The van der Waals surface area contributed by atoms with Gasteiger partial charge < -0.3 is 9.47 Å². The average Bonchev–Trinajstić information content (AvgIpc) is 2.86. The van der Waals surface area contributed by atoms with E-state index in [0.29, 0.717) is 16.1 Å². The maximum atomic E-state index is 12.0. The van der Waals surface area contributed by atoms with Crippen molar-refractivity contribution in [3.8, 4) is 5.75 Å². The first-order valence-electron chi connectivity index (χ1n) is 6.31. The minimum atomic E-state index is -0.485. The fourth-order valence-electron chi connectivity index (χ4n) is 2.09. The van der Waals surface area contributed by atoms with Crippen molar-refractivity contribution in [3.63, 3.8) is 0 Å². The lowest BCUT2D eigenvalue weighted by Crippen LogP contribution is -2.18. The molecular formula is C14H12N2O4S. The molecule has 0 aliphatic rings. The minimum Gasteiger partial charge on any atom is -0.497 e. The molecule has 2 aromatic heterocycles. The number of hydrogen-bond donors (Lipinski definition) is 0. The van der Waals surface area contributed by atoms with E-state index in [4.69, 9.17) is 9.47 Å². The third-order valence-electron chi connectivity index (χ3n) is 3.04. The van der Waals surface area contributed by atoms with E-state index in [0.717, 1.165) is 4.70 Å². The Balaban J connectivity index is 2.36. The fraction of sp³-hybridized carbons (Fsp3) is 0.214. The van der Waals surface area contributed by atoms with E-state index in [-0.39, 0.29) is 12.2 Å². The Morgan fingerprint density at radius 2 is 2.24 bits per heavy atom. The van der Waals surface area contributed by atoms with Crippen LogP contribution in [0.5, 0.6) is 5.75 Å². The maximum Gasteiger partial charge on any atom is 0.353 e. The molecule has 2 heterocycles. The van der Waals surface area contributed by atoms with Gasteiger partial charge in [-0.3, -0.25) is 0 Å². The van der Waals surface area contributed by atoms with Gasteiger partial charge in [0.2, 0.25) is 0 Å². The second-order valence-corrected chi connectivity index (χ2v) is 5.28.